The lowest BCUT2D eigenvalue weighted by atomic mass is 10.4. The molecule has 0 unspecified atom stereocenters. The van der Waals surface area contributed by atoms with E-state index in [0.29, 0.717) is 13.2 Å². The van der Waals surface area contributed by atoms with Gasteiger partial charge in [0.25, 0.3) is 0 Å². The van der Waals surface area contributed by atoms with Crippen LogP contribution in [0.5, 0.6) is 0 Å². The monoisotopic (exact) mass is 276 g/mol. The standard InChI is InChI=1S/C8H21O4PS2/c1-3-5-7-11-15(13(9,10)14)12-8-6-4-2/h9-10,14H,3-8H2,1-2H3. The van der Waals surface area contributed by atoms with Crippen molar-refractivity contribution in [3.8, 4) is 0 Å². The molecule has 0 fully saturated rings. The lowest BCUT2D eigenvalue weighted by molar-refractivity contribution is 0.268. The van der Waals surface area contributed by atoms with Gasteiger partial charge in [-0.15, -0.1) is 0 Å². The van der Waals surface area contributed by atoms with Gasteiger partial charge >= 0.3 is 0 Å². The maximum Gasteiger partial charge on any atom is 0.249 e. The minimum absolute atomic E-state index is 0.481. The van der Waals surface area contributed by atoms with Crippen LogP contribution in [0.25, 0.3) is 0 Å². The van der Waals surface area contributed by atoms with Gasteiger partial charge < -0.3 is 9.79 Å². The van der Waals surface area contributed by atoms with Crippen LogP contribution >= 0.6 is 17.9 Å². The molecule has 7 heteroatoms. The van der Waals surface area contributed by atoms with E-state index in [-0.39, 0.29) is 0 Å². The second-order valence-electron chi connectivity index (χ2n) is 3.08. The fraction of sp³-hybridized carbons (Fsp3) is 1.00. The Hall–Kier alpha value is 0.970. The zero-order valence-electron chi connectivity index (χ0n) is 9.26. The summed E-state index contributed by atoms with van der Waals surface area (Å²) in [6.07, 6.45) is 3.77. The molecule has 0 aromatic carbocycles. The Balaban J connectivity index is 4.10. The first-order valence-electron chi connectivity index (χ1n) is 5.11. The highest BCUT2D eigenvalue weighted by atomic mass is 32.9. The summed E-state index contributed by atoms with van der Waals surface area (Å²) in [5.74, 6) is 0. The highest BCUT2D eigenvalue weighted by Gasteiger charge is 2.13. The van der Waals surface area contributed by atoms with Crippen molar-refractivity contribution in [3.05, 3.63) is 0 Å². The minimum Gasteiger partial charge on any atom is -0.339 e. The maximum absolute atomic E-state index is 9.37. The molecule has 0 heterocycles. The van der Waals surface area contributed by atoms with Crippen LogP contribution in [0.4, 0.5) is 0 Å². The van der Waals surface area contributed by atoms with E-state index in [1.807, 2.05) is 13.8 Å². The van der Waals surface area contributed by atoms with E-state index in [1.165, 1.54) is 0 Å². The van der Waals surface area contributed by atoms with Crippen molar-refractivity contribution in [2.24, 2.45) is 0 Å². The van der Waals surface area contributed by atoms with Crippen LogP contribution in [0, 0.1) is 0 Å². The van der Waals surface area contributed by atoms with E-state index in [0.717, 1.165) is 25.7 Å². The number of unbranched alkanes of at least 4 members (excludes halogenated alkanes) is 2. The fourth-order valence-electron chi connectivity index (χ4n) is 0.725. The fourth-order valence-corrected chi connectivity index (χ4v) is 3.74. The van der Waals surface area contributed by atoms with Gasteiger partial charge in [0.2, 0.25) is 5.69 Å². The molecule has 15 heavy (non-hydrogen) atoms. The second-order valence-corrected chi connectivity index (χ2v) is 9.92. The Morgan fingerprint density at radius 3 is 1.73 bits per heavy atom. The van der Waals surface area contributed by atoms with Gasteiger partial charge in [-0.05, 0) is 12.8 Å². The molecule has 0 aliphatic heterocycles. The van der Waals surface area contributed by atoms with Gasteiger partial charge in [-0.1, -0.05) is 38.9 Å². The Labute approximate surface area is 99.7 Å². The largest absolute Gasteiger partial charge is 0.339 e. The average Bonchev–Trinajstić information content (AvgIpc) is 2.14. The maximum atomic E-state index is 9.37. The predicted molar refractivity (Wildman–Crippen MR) is 69.4 cm³/mol. The van der Waals surface area contributed by atoms with Gasteiger partial charge in [-0.25, -0.2) is 0 Å². The van der Waals surface area contributed by atoms with Crippen LogP contribution in [0.3, 0.4) is 0 Å². The van der Waals surface area contributed by atoms with E-state index in [2.05, 4.69) is 12.2 Å². The highest BCUT2D eigenvalue weighted by molar-refractivity contribution is 8.64. The summed E-state index contributed by atoms with van der Waals surface area (Å²) in [6, 6.07) is 0. The summed E-state index contributed by atoms with van der Waals surface area (Å²) in [5.41, 5.74) is -3.33. The second kappa shape index (κ2) is 9.05. The van der Waals surface area contributed by atoms with Crippen molar-refractivity contribution < 1.29 is 18.2 Å². The van der Waals surface area contributed by atoms with Gasteiger partial charge in [-0.3, -0.25) is 8.37 Å². The molecular formula is C8H21O4PS2. The SMILES string of the molecule is CCCCOS(OCCCC)=P(O)(O)S. The molecule has 94 valence electrons. The predicted octanol–water partition coefficient (Wildman–Crippen LogP) is 2.66. The summed E-state index contributed by atoms with van der Waals surface area (Å²) in [7, 11) is -1.26. The van der Waals surface area contributed by atoms with Crippen LogP contribution in [0.15, 0.2) is 0 Å². The Kier molecular flexibility index (Phi) is 9.63. The number of hydrogen-bond acceptors (Lipinski definition) is 2. The number of hydrogen-bond donors (Lipinski definition) is 3. The summed E-state index contributed by atoms with van der Waals surface area (Å²) in [5, 5.41) is 0. The molecule has 0 radical (unpaired) electrons. The zero-order chi connectivity index (χ0) is 11.7. The summed E-state index contributed by atoms with van der Waals surface area (Å²) >= 11 is 3.74. The van der Waals surface area contributed by atoms with Crippen molar-refractivity contribution in [2.75, 3.05) is 13.2 Å². The highest BCUT2D eigenvalue weighted by Crippen LogP contribution is 2.47. The van der Waals surface area contributed by atoms with Gasteiger partial charge in [0.05, 0.1) is 13.2 Å². The van der Waals surface area contributed by atoms with E-state index in [9.17, 15) is 9.79 Å². The molecule has 0 aliphatic carbocycles. The van der Waals surface area contributed by atoms with E-state index in [4.69, 9.17) is 8.37 Å². The van der Waals surface area contributed by atoms with Crippen molar-refractivity contribution in [2.45, 2.75) is 39.5 Å². The molecule has 0 aromatic heterocycles. The molecular weight excluding hydrogens is 255 g/mol. The third-order valence-electron chi connectivity index (χ3n) is 1.56. The first-order valence-corrected chi connectivity index (χ1v) is 9.63. The van der Waals surface area contributed by atoms with Crippen LogP contribution in [-0.2, 0) is 19.0 Å². The molecule has 0 aliphatic rings. The molecule has 0 saturated carbocycles. The van der Waals surface area contributed by atoms with Crippen LogP contribution < -0.4 is 0 Å². The lowest BCUT2D eigenvalue weighted by Crippen LogP contribution is -2.05. The summed E-state index contributed by atoms with van der Waals surface area (Å²) < 4.78 is 10.5. The number of thiol groups is 1. The van der Waals surface area contributed by atoms with Gasteiger partial charge in [0.1, 0.15) is 10.6 Å². The van der Waals surface area contributed by atoms with E-state index >= 15 is 0 Å². The third-order valence-corrected chi connectivity index (χ3v) is 5.73. The topological polar surface area (TPSA) is 58.9 Å². The molecule has 2 N–H and O–H groups in total. The Bertz CT molecular complexity index is 196. The van der Waals surface area contributed by atoms with Gasteiger partial charge in [-0.2, -0.15) is 0 Å². The molecule has 0 bridgehead atoms. The third kappa shape index (κ3) is 8.74. The van der Waals surface area contributed by atoms with Crippen molar-refractivity contribution in [1.29, 1.82) is 0 Å². The van der Waals surface area contributed by atoms with Crippen LogP contribution in [0.2, 0.25) is 0 Å². The van der Waals surface area contributed by atoms with Crippen LogP contribution in [-0.4, -0.2) is 23.0 Å². The Morgan fingerprint density at radius 2 is 1.47 bits per heavy atom. The number of rotatable bonds is 8. The lowest BCUT2D eigenvalue weighted by Gasteiger charge is -2.15. The quantitative estimate of drug-likeness (QED) is 0.362. The zero-order valence-corrected chi connectivity index (χ0v) is 11.9. The van der Waals surface area contributed by atoms with Gasteiger partial charge in [0.15, 0.2) is 0 Å². The molecule has 0 saturated heterocycles. The summed E-state index contributed by atoms with van der Waals surface area (Å²) in [6.45, 7) is 5.05. The smallest absolute Gasteiger partial charge is 0.249 e. The first-order chi connectivity index (χ1) is 7.02. The molecule has 4 nitrogen and oxygen atoms in total. The molecule has 0 spiro atoms. The summed E-state index contributed by atoms with van der Waals surface area (Å²) in [4.78, 5) is 18.7. The molecule has 0 amide bonds. The van der Waals surface area contributed by atoms with Crippen molar-refractivity contribution >= 4 is 28.6 Å². The van der Waals surface area contributed by atoms with Crippen LogP contribution in [0.1, 0.15) is 39.5 Å². The normalized spacial score (nSPS) is 12.4. The van der Waals surface area contributed by atoms with E-state index in [1.54, 1.807) is 0 Å². The molecule has 0 rings (SSSR count). The Morgan fingerprint density at radius 1 is 1.07 bits per heavy atom. The average molecular weight is 276 g/mol. The molecule has 0 aromatic rings. The van der Waals surface area contributed by atoms with Crippen molar-refractivity contribution in [1.82, 2.24) is 0 Å². The first kappa shape index (κ1) is 16.0. The molecule has 0 atom stereocenters. The van der Waals surface area contributed by atoms with E-state index < -0.39 is 16.3 Å². The van der Waals surface area contributed by atoms with Gasteiger partial charge in [0, 0.05) is 0 Å². The van der Waals surface area contributed by atoms with Crippen molar-refractivity contribution in [3.63, 3.8) is 0 Å². The minimum atomic E-state index is -3.33.